The molecule has 10 heteroatoms. The minimum absolute atomic E-state index is 0.0520. The maximum atomic E-state index is 12.6. The van der Waals surface area contributed by atoms with Gasteiger partial charge in [0.1, 0.15) is 0 Å². The molecule has 9 nitrogen and oxygen atoms in total. The molecule has 0 aromatic heterocycles. The van der Waals surface area contributed by atoms with Crippen molar-refractivity contribution >= 4 is 27.3 Å². The van der Waals surface area contributed by atoms with Crippen LogP contribution in [0.3, 0.4) is 0 Å². The Morgan fingerprint density at radius 2 is 2.08 bits per heavy atom. The van der Waals surface area contributed by atoms with Crippen molar-refractivity contribution < 1.29 is 22.9 Å². The lowest BCUT2D eigenvalue weighted by molar-refractivity contribution is -0.385. The number of hydrogen-bond donors (Lipinski definition) is 1. The van der Waals surface area contributed by atoms with Crippen molar-refractivity contribution in [3.05, 3.63) is 39.4 Å². The first-order valence-electron chi connectivity index (χ1n) is 8.17. The van der Waals surface area contributed by atoms with Crippen LogP contribution in [0.15, 0.2) is 18.2 Å². The molecule has 1 aromatic rings. The van der Waals surface area contributed by atoms with Crippen molar-refractivity contribution in [1.29, 1.82) is 0 Å². The minimum Gasteiger partial charge on any atom is -0.351 e. The predicted molar refractivity (Wildman–Crippen MR) is 94.6 cm³/mol. The van der Waals surface area contributed by atoms with Gasteiger partial charge in [-0.25, -0.2) is 8.42 Å². The molecule has 1 aromatic carbocycles. The van der Waals surface area contributed by atoms with Crippen molar-refractivity contribution in [2.75, 3.05) is 24.6 Å². The molecule has 0 saturated carbocycles. The van der Waals surface area contributed by atoms with E-state index < -0.39 is 32.6 Å². The Morgan fingerprint density at radius 3 is 2.58 bits per heavy atom. The second-order valence-electron chi connectivity index (χ2n) is 6.25. The summed E-state index contributed by atoms with van der Waals surface area (Å²) < 4.78 is 22.9. The van der Waals surface area contributed by atoms with E-state index in [1.165, 1.54) is 23.1 Å². The zero-order valence-electron chi connectivity index (χ0n) is 14.6. The molecule has 1 aliphatic rings. The van der Waals surface area contributed by atoms with Crippen LogP contribution in [0, 0.1) is 17.0 Å². The van der Waals surface area contributed by atoms with Crippen LogP contribution < -0.4 is 5.32 Å². The molecule has 2 amide bonds. The average molecular weight is 383 g/mol. The van der Waals surface area contributed by atoms with Crippen LogP contribution in [-0.2, 0) is 14.6 Å². The van der Waals surface area contributed by atoms with Crippen LogP contribution in [0.2, 0.25) is 0 Å². The van der Waals surface area contributed by atoms with Gasteiger partial charge in [-0.3, -0.25) is 19.7 Å². The number of carbonyl (C=O) groups is 2. The maximum Gasteiger partial charge on any atom is 0.272 e. The van der Waals surface area contributed by atoms with E-state index in [2.05, 4.69) is 5.32 Å². The lowest BCUT2D eigenvalue weighted by Crippen LogP contribution is -2.44. The van der Waals surface area contributed by atoms with Gasteiger partial charge >= 0.3 is 0 Å². The van der Waals surface area contributed by atoms with E-state index >= 15 is 0 Å². The third-order valence-corrected chi connectivity index (χ3v) is 6.01. The molecule has 1 saturated heterocycles. The number of aryl methyl sites for hydroxylation is 1. The summed E-state index contributed by atoms with van der Waals surface area (Å²) in [6.45, 7) is 3.31. The summed E-state index contributed by atoms with van der Waals surface area (Å²) in [7, 11) is -3.10. The number of amides is 2. The fourth-order valence-corrected chi connectivity index (χ4v) is 4.53. The van der Waals surface area contributed by atoms with Crippen molar-refractivity contribution in [1.82, 2.24) is 10.2 Å². The molecule has 2 rings (SSSR count). The van der Waals surface area contributed by atoms with E-state index in [1.807, 2.05) is 0 Å². The topological polar surface area (TPSA) is 127 Å². The number of hydrogen-bond acceptors (Lipinski definition) is 6. The monoisotopic (exact) mass is 383 g/mol. The second-order valence-corrected chi connectivity index (χ2v) is 8.47. The maximum absolute atomic E-state index is 12.6. The normalized spacial score (nSPS) is 18.3. The Kier molecular flexibility index (Phi) is 5.96. The van der Waals surface area contributed by atoms with E-state index in [4.69, 9.17) is 0 Å². The summed E-state index contributed by atoms with van der Waals surface area (Å²) in [6, 6.07) is 3.62. The number of benzene rings is 1. The smallest absolute Gasteiger partial charge is 0.272 e. The Bertz CT molecular complexity index is 836. The molecule has 0 radical (unpaired) electrons. The van der Waals surface area contributed by atoms with Crippen molar-refractivity contribution in [2.24, 2.45) is 0 Å². The van der Waals surface area contributed by atoms with Crippen molar-refractivity contribution in [3.8, 4) is 0 Å². The lowest BCUT2D eigenvalue weighted by atomic mass is 10.1. The number of rotatable bonds is 6. The van der Waals surface area contributed by atoms with Crippen LogP contribution in [0.4, 0.5) is 5.69 Å². The highest BCUT2D eigenvalue weighted by Crippen LogP contribution is 2.19. The molecular weight excluding hydrogens is 362 g/mol. The van der Waals surface area contributed by atoms with E-state index in [1.54, 1.807) is 13.8 Å². The largest absolute Gasteiger partial charge is 0.351 e. The van der Waals surface area contributed by atoms with Crippen LogP contribution in [-0.4, -0.2) is 60.7 Å². The molecule has 0 aliphatic carbocycles. The van der Waals surface area contributed by atoms with Gasteiger partial charge in [-0.15, -0.1) is 0 Å². The molecule has 1 fully saturated rings. The van der Waals surface area contributed by atoms with Crippen LogP contribution in [0.25, 0.3) is 0 Å². The standard InChI is InChI=1S/C16H21N3O6S/c1-3-18(9-15(20)17-13-6-7-26(24,25)10-13)16(21)12-4-5-14(19(22)23)11(2)8-12/h4-5,8,13H,3,6-7,9-10H2,1-2H3,(H,17,20)/t13-/m0/s1. The predicted octanol–water partition coefficient (Wildman–Crippen LogP) is 0.669. The van der Waals surface area contributed by atoms with Gasteiger partial charge in [0, 0.05) is 29.8 Å². The van der Waals surface area contributed by atoms with Crippen LogP contribution in [0.5, 0.6) is 0 Å². The average Bonchev–Trinajstić information content (AvgIpc) is 2.90. The van der Waals surface area contributed by atoms with Gasteiger partial charge in [0.25, 0.3) is 11.6 Å². The zero-order chi connectivity index (χ0) is 19.5. The van der Waals surface area contributed by atoms with Gasteiger partial charge in [-0.2, -0.15) is 0 Å². The quantitative estimate of drug-likeness (QED) is 0.568. The highest BCUT2D eigenvalue weighted by Gasteiger charge is 2.29. The number of sulfone groups is 1. The first-order valence-corrected chi connectivity index (χ1v) is 9.99. The van der Waals surface area contributed by atoms with Crippen LogP contribution in [0.1, 0.15) is 29.3 Å². The molecule has 1 N–H and O–H groups in total. The van der Waals surface area contributed by atoms with Crippen molar-refractivity contribution in [3.63, 3.8) is 0 Å². The second kappa shape index (κ2) is 7.81. The molecule has 1 heterocycles. The first kappa shape index (κ1) is 19.8. The molecule has 1 aliphatic heterocycles. The number of carbonyl (C=O) groups excluding carboxylic acids is 2. The molecule has 142 valence electrons. The summed E-state index contributed by atoms with van der Waals surface area (Å²) in [5.41, 5.74) is 0.536. The fourth-order valence-electron chi connectivity index (χ4n) is 2.86. The van der Waals surface area contributed by atoms with Crippen LogP contribution >= 0.6 is 0 Å². The first-order chi connectivity index (χ1) is 12.1. The Labute approximate surface area is 151 Å². The minimum atomic E-state index is -3.10. The molecule has 0 bridgehead atoms. The summed E-state index contributed by atoms with van der Waals surface area (Å²) in [6.07, 6.45) is 0.371. The lowest BCUT2D eigenvalue weighted by Gasteiger charge is -2.21. The Morgan fingerprint density at radius 1 is 1.38 bits per heavy atom. The third kappa shape index (κ3) is 4.78. The van der Waals surface area contributed by atoms with Gasteiger partial charge in [-0.05, 0) is 32.4 Å². The van der Waals surface area contributed by atoms with E-state index in [0.29, 0.717) is 12.0 Å². The molecule has 1 atom stereocenters. The highest BCUT2D eigenvalue weighted by molar-refractivity contribution is 7.91. The van der Waals surface area contributed by atoms with Gasteiger partial charge < -0.3 is 10.2 Å². The molecule has 26 heavy (non-hydrogen) atoms. The number of likely N-dealkylation sites (N-methyl/N-ethyl adjacent to an activating group) is 1. The Balaban J connectivity index is 2.03. The number of nitro groups is 1. The molecular formula is C16H21N3O6S. The SMILES string of the molecule is CCN(CC(=O)N[C@H]1CCS(=O)(=O)C1)C(=O)c1ccc([N+](=O)[O-])c(C)c1. The molecule has 0 spiro atoms. The molecule has 0 unspecified atom stereocenters. The van der Waals surface area contributed by atoms with Crippen molar-refractivity contribution in [2.45, 2.75) is 26.3 Å². The van der Waals surface area contributed by atoms with Gasteiger partial charge in [0.15, 0.2) is 9.84 Å². The summed E-state index contributed by atoms with van der Waals surface area (Å²) >= 11 is 0. The summed E-state index contributed by atoms with van der Waals surface area (Å²) in [4.78, 5) is 36.3. The summed E-state index contributed by atoms with van der Waals surface area (Å²) in [5.74, 6) is -0.878. The number of nitrogens with zero attached hydrogens (tertiary/aromatic N) is 2. The summed E-state index contributed by atoms with van der Waals surface area (Å²) in [5, 5.41) is 13.5. The van der Waals surface area contributed by atoms with Gasteiger partial charge in [0.05, 0.1) is 23.0 Å². The number of nitro benzene ring substituents is 1. The fraction of sp³-hybridized carbons (Fsp3) is 0.500. The number of nitrogens with one attached hydrogen (secondary N) is 1. The van der Waals surface area contributed by atoms with E-state index in [0.717, 1.165) is 0 Å². The van der Waals surface area contributed by atoms with Gasteiger partial charge in [-0.1, -0.05) is 0 Å². The Hall–Kier alpha value is -2.49. The van der Waals surface area contributed by atoms with Gasteiger partial charge in [0.2, 0.25) is 5.91 Å². The zero-order valence-corrected chi connectivity index (χ0v) is 15.4. The van der Waals surface area contributed by atoms with E-state index in [-0.39, 0.29) is 35.8 Å². The van der Waals surface area contributed by atoms with E-state index in [9.17, 15) is 28.1 Å². The highest BCUT2D eigenvalue weighted by atomic mass is 32.2. The third-order valence-electron chi connectivity index (χ3n) is 4.24.